The highest BCUT2D eigenvalue weighted by atomic mass is 16.5. The molecule has 2 N–H and O–H groups in total. The average Bonchev–Trinajstić information content (AvgIpc) is 2.53. The van der Waals surface area contributed by atoms with Crippen molar-refractivity contribution >= 4 is 17.3 Å². The largest absolute Gasteiger partial charge is 0.494 e. The highest BCUT2D eigenvalue weighted by Crippen LogP contribution is 2.15. The van der Waals surface area contributed by atoms with Crippen molar-refractivity contribution in [3.05, 3.63) is 54.6 Å². The molecule has 110 valence electrons. The Kier molecular flexibility index (Phi) is 5.64. The molecular weight excluding hydrogens is 264 g/mol. The van der Waals surface area contributed by atoms with Gasteiger partial charge in [0.1, 0.15) is 5.75 Å². The van der Waals surface area contributed by atoms with E-state index in [0.29, 0.717) is 6.61 Å². The molecule has 0 aliphatic rings. The smallest absolute Gasteiger partial charge is 0.243 e. The SMILES string of the molecule is CCCOc1ccc(NCC(=O)Nc2ccccc2)cc1. The van der Waals surface area contributed by atoms with E-state index in [2.05, 4.69) is 17.6 Å². The molecule has 0 unspecified atom stereocenters. The Morgan fingerprint density at radius 3 is 2.38 bits per heavy atom. The molecule has 0 atom stereocenters. The van der Waals surface area contributed by atoms with Crippen molar-refractivity contribution in [2.75, 3.05) is 23.8 Å². The summed E-state index contributed by atoms with van der Waals surface area (Å²) in [4.78, 5) is 11.8. The number of carbonyl (C=O) groups is 1. The van der Waals surface area contributed by atoms with Gasteiger partial charge >= 0.3 is 0 Å². The molecule has 21 heavy (non-hydrogen) atoms. The summed E-state index contributed by atoms with van der Waals surface area (Å²) >= 11 is 0. The van der Waals surface area contributed by atoms with Crippen LogP contribution in [0.1, 0.15) is 13.3 Å². The van der Waals surface area contributed by atoms with Crippen LogP contribution in [-0.2, 0) is 4.79 Å². The molecule has 0 aliphatic carbocycles. The summed E-state index contributed by atoms with van der Waals surface area (Å²) < 4.78 is 5.51. The molecule has 0 bridgehead atoms. The van der Waals surface area contributed by atoms with Crippen LogP contribution in [0.3, 0.4) is 0 Å². The first-order chi connectivity index (χ1) is 10.3. The number of nitrogens with one attached hydrogen (secondary N) is 2. The van der Waals surface area contributed by atoms with E-state index in [9.17, 15) is 4.79 Å². The lowest BCUT2D eigenvalue weighted by atomic mass is 10.3. The summed E-state index contributed by atoms with van der Waals surface area (Å²) in [7, 11) is 0. The topological polar surface area (TPSA) is 50.4 Å². The minimum Gasteiger partial charge on any atom is -0.494 e. The van der Waals surface area contributed by atoms with Gasteiger partial charge < -0.3 is 15.4 Å². The fourth-order valence-corrected chi connectivity index (χ4v) is 1.80. The fraction of sp³-hybridized carbons (Fsp3) is 0.235. The van der Waals surface area contributed by atoms with Gasteiger partial charge in [-0.2, -0.15) is 0 Å². The molecule has 2 aromatic carbocycles. The molecule has 0 saturated heterocycles. The van der Waals surface area contributed by atoms with Crippen LogP contribution >= 0.6 is 0 Å². The Morgan fingerprint density at radius 1 is 1.00 bits per heavy atom. The molecule has 0 fully saturated rings. The van der Waals surface area contributed by atoms with Crippen LogP contribution < -0.4 is 15.4 Å². The third-order valence-electron chi connectivity index (χ3n) is 2.84. The Balaban J connectivity index is 1.78. The predicted octanol–water partition coefficient (Wildman–Crippen LogP) is 3.53. The van der Waals surface area contributed by atoms with E-state index in [1.807, 2.05) is 54.6 Å². The Morgan fingerprint density at radius 2 is 1.71 bits per heavy atom. The van der Waals surface area contributed by atoms with Crippen molar-refractivity contribution in [1.29, 1.82) is 0 Å². The van der Waals surface area contributed by atoms with Gasteiger partial charge in [0, 0.05) is 11.4 Å². The highest BCUT2D eigenvalue weighted by molar-refractivity contribution is 5.93. The molecule has 4 heteroatoms. The Labute approximate surface area is 125 Å². The van der Waals surface area contributed by atoms with Gasteiger partial charge in [0.2, 0.25) is 5.91 Å². The van der Waals surface area contributed by atoms with Gasteiger partial charge in [0.05, 0.1) is 13.2 Å². The summed E-state index contributed by atoms with van der Waals surface area (Å²) in [5.41, 5.74) is 1.69. The van der Waals surface area contributed by atoms with Crippen molar-refractivity contribution < 1.29 is 9.53 Å². The van der Waals surface area contributed by atoms with Gasteiger partial charge in [-0.15, -0.1) is 0 Å². The van der Waals surface area contributed by atoms with Crippen LogP contribution in [0.2, 0.25) is 0 Å². The molecular formula is C17H20N2O2. The number of carbonyl (C=O) groups excluding carboxylic acids is 1. The summed E-state index contributed by atoms with van der Waals surface area (Å²) in [6, 6.07) is 17.0. The van der Waals surface area contributed by atoms with Crippen LogP contribution in [0.25, 0.3) is 0 Å². The van der Waals surface area contributed by atoms with Crippen molar-refractivity contribution in [2.45, 2.75) is 13.3 Å². The first-order valence-corrected chi connectivity index (χ1v) is 7.09. The van der Waals surface area contributed by atoms with Crippen molar-refractivity contribution in [3.8, 4) is 5.75 Å². The van der Waals surface area contributed by atoms with Gasteiger partial charge in [-0.05, 0) is 42.8 Å². The minimum atomic E-state index is -0.0764. The molecule has 0 radical (unpaired) electrons. The lowest BCUT2D eigenvalue weighted by Gasteiger charge is -2.09. The van der Waals surface area contributed by atoms with E-state index in [-0.39, 0.29) is 12.5 Å². The Bertz CT molecular complexity index is 553. The number of benzene rings is 2. The van der Waals surface area contributed by atoms with Crippen molar-refractivity contribution in [3.63, 3.8) is 0 Å². The van der Waals surface area contributed by atoms with Gasteiger partial charge in [0.15, 0.2) is 0 Å². The molecule has 0 aromatic heterocycles. The number of hydrogen-bond acceptors (Lipinski definition) is 3. The summed E-state index contributed by atoms with van der Waals surface area (Å²) in [6.45, 7) is 3.01. The predicted molar refractivity (Wildman–Crippen MR) is 85.8 cm³/mol. The van der Waals surface area contributed by atoms with Gasteiger partial charge in [0.25, 0.3) is 0 Å². The first-order valence-electron chi connectivity index (χ1n) is 7.09. The van der Waals surface area contributed by atoms with E-state index in [0.717, 1.165) is 23.5 Å². The molecule has 0 aliphatic heterocycles. The number of para-hydroxylation sites is 1. The molecule has 0 heterocycles. The zero-order valence-electron chi connectivity index (χ0n) is 12.1. The second-order valence-electron chi connectivity index (χ2n) is 4.64. The Hall–Kier alpha value is -2.49. The minimum absolute atomic E-state index is 0.0764. The average molecular weight is 284 g/mol. The number of anilines is 2. The molecule has 0 saturated carbocycles. The fourth-order valence-electron chi connectivity index (χ4n) is 1.80. The molecule has 4 nitrogen and oxygen atoms in total. The molecule has 2 rings (SSSR count). The molecule has 0 spiro atoms. The second-order valence-corrected chi connectivity index (χ2v) is 4.64. The van der Waals surface area contributed by atoms with Crippen LogP contribution in [0.15, 0.2) is 54.6 Å². The van der Waals surface area contributed by atoms with Crippen LogP contribution in [0.5, 0.6) is 5.75 Å². The monoisotopic (exact) mass is 284 g/mol. The first kappa shape index (κ1) is 14.9. The van der Waals surface area contributed by atoms with E-state index < -0.39 is 0 Å². The zero-order valence-corrected chi connectivity index (χ0v) is 12.1. The summed E-state index contributed by atoms with van der Waals surface area (Å²) in [6.07, 6.45) is 0.986. The van der Waals surface area contributed by atoms with Crippen LogP contribution in [-0.4, -0.2) is 19.1 Å². The quantitative estimate of drug-likeness (QED) is 0.818. The maximum Gasteiger partial charge on any atom is 0.243 e. The third-order valence-corrected chi connectivity index (χ3v) is 2.84. The van der Waals surface area contributed by atoms with Gasteiger partial charge in [-0.25, -0.2) is 0 Å². The maximum atomic E-state index is 11.8. The zero-order chi connectivity index (χ0) is 14.9. The normalized spacial score (nSPS) is 9.95. The van der Waals surface area contributed by atoms with Crippen LogP contribution in [0.4, 0.5) is 11.4 Å². The number of ether oxygens (including phenoxy) is 1. The van der Waals surface area contributed by atoms with Crippen molar-refractivity contribution in [2.24, 2.45) is 0 Å². The van der Waals surface area contributed by atoms with E-state index in [4.69, 9.17) is 4.74 Å². The second kappa shape index (κ2) is 7.94. The third kappa shape index (κ3) is 5.18. The van der Waals surface area contributed by atoms with Crippen molar-refractivity contribution in [1.82, 2.24) is 0 Å². The summed E-state index contributed by atoms with van der Waals surface area (Å²) in [5, 5.41) is 5.91. The standard InChI is InChI=1S/C17H20N2O2/c1-2-12-21-16-10-8-14(9-11-16)18-13-17(20)19-15-6-4-3-5-7-15/h3-11,18H,2,12-13H2,1H3,(H,19,20). The lowest BCUT2D eigenvalue weighted by molar-refractivity contribution is -0.114. The summed E-state index contributed by atoms with van der Waals surface area (Å²) in [5.74, 6) is 0.767. The van der Waals surface area contributed by atoms with Crippen LogP contribution in [0, 0.1) is 0 Å². The van der Waals surface area contributed by atoms with E-state index >= 15 is 0 Å². The highest BCUT2D eigenvalue weighted by Gasteiger charge is 2.02. The number of hydrogen-bond donors (Lipinski definition) is 2. The lowest BCUT2D eigenvalue weighted by Crippen LogP contribution is -2.21. The van der Waals surface area contributed by atoms with Gasteiger partial charge in [-0.1, -0.05) is 25.1 Å². The van der Waals surface area contributed by atoms with Gasteiger partial charge in [-0.3, -0.25) is 4.79 Å². The number of amides is 1. The van der Waals surface area contributed by atoms with E-state index in [1.165, 1.54) is 0 Å². The molecule has 1 amide bonds. The number of rotatable bonds is 7. The molecule has 2 aromatic rings. The van der Waals surface area contributed by atoms with E-state index in [1.54, 1.807) is 0 Å². The maximum absolute atomic E-state index is 11.8.